The highest BCUT2D eigenvalue weighted by molar-refractivity contribution is 5.30. The van der Waals surface area contributed by atoms with E-state index in [4.69, 9.17) is 25.0 Å². The molecule has 6 aliphatic carbocycles. The summed E-state index contributed by atoms with van der Waals surface area (Å²) in [5.74, 6) is 3.47. The third-order valence-electron chi connectivity index (χ3n) is 10.1. The molecule has 2 spiro atoms. The fraction of sp³-hybridized carbons (Fsp3) is 0.786. The van der Waals surface area contributed by atoms with Crippen LogP contribution in [0.5, 0.6) is 5.75 Å². The molecule has 1 heterocycles. The second-order valence-electron chi connectivity index (χ2n) is 12.2. The molecule has 1 aliphatic heterocycles. The van der Waals surface area contributed by atoms with Crippen molar-refractivity contribution in [3.05, 3.63) is 29.8 Å². The zero-order chi connectivity index (χ0) is 22.0. The molecular weight excluding hydrogens is 414 g/mol. The summed E-state index contributed by atoms with van der Waals surface area (Å²) in [5, 5.41) is 0. The van der Waals surface area contributed by atoms with Crippen molar-refractivity contribution in [2.45, 2.75) is 113 Å². The van der Waals surface area contributed by atoms with Gasteiger partial charge in [0.15, 0.2) is 0 Å². The van der Waals surface area contributed by atoms with Crippen LogP contribution < -0.4 is 10.5 Å². The Morgan fingerprint density at radius 3 is 2.03 bits per heavy atom. The quantitative estimate of drug-likeness (QED) is 0.584. The van der Waals surface area contributed by atoms with E-state index in [2.05, 4.69) is 24.3 Å². The number of nitrogens with two attached hydrogens (primary N) is 1. The minimum Gasteiger partial charge on any atom is -0.490 e. The molecule has 5 heteroatoms. The van der Waals surface area contributed by atoms with Crippen molar-refractivity contribution in [1.82, 2.24) is 0 Å². The van der Waals surface area contributed by atoms with Crippen LogP contribution in [0.1, 0.15) is 95.0 Å². The first-order valence-corrected chi connectivity index (χ1v) is 13.7. The topological polar surface area (TPSA) is 62.9 Å². The van der Waals surface area contributed by atoms with Crippen LogP contribution >= 0.6 is 0 Å². The predicted octanol–water partition coefficient (Wildman–Crippen LogP) is 5.82. The van der Waals surface area contributed by atoms with Gasteiger partial charge in [0, 0.05) is 30.7 Å². The van der Waals surface area contributed by atoms with Gasteiger partial charge in [0.05, 0.1) is 6.10 Å². The molecule has 0 atom stereocenters. The van der Waals surface area contributed by atoms with Crippen molar-refractivity contribution in [3.8, 4) is 5.75 Å². The summed E-state index contributed by atoms with van der Waals surface area (Å²) in [5.41, 5.74) is 7.43. The highest BCUT2D eigenvalue weighted by Gasteiger charge is 2.66. The molecular formula is C28H39NO4. The molecule has 4 bridgehead atoms. The lowest BCUT2D eigenvalue weighted by Crippen LogP contribution is -2.59. The summed E-state index contributed by atoms with van der Waals surface area (Å²) >= 11 is 0. The second kappa shape index (κ2) is 7.94. The van der Waals surface area contributed by atoms with Crippen molar-refractivity contribution in [1.29, 1.82) is 0 Å². The van der Waals surface area contributed by atoms with Crippen LogP contribution in [-0.4, -0.2) is 23.7 Å². The predicted molar refractivity (Wildman–Crippen MR) is 124 cm³/mol. The van der Waals surface area contributed by atoms with Gasteiger partial charge in [0.2, 0.25) is 11.6 Å². The van der Waals surface area contributed by atoms with Crippen molar-refractivity contribution in [2.24, 2.45) is 29.4 Å². The molecule has 0 aromatic heterocycles. The van der Waals surface area contributed by atoms with Crippen molar-refractivity contribution in [3.63, 3.8) is 0 Å². The fourth-order valence-electron chi connectivity index (χ4n) is 8.40. The van der Waals surface area contributed by atoms with Crippen molar-refractivity contribution >= 4 is 0 Å². The third kappa shape index (κ3) is 3.65. The smallest absolute Gasteiger partial charge is 0.210 e. The average molecular weight is 454 g/mol. The van der Waals surface area contributed by atoms with Gasteiger partial charge >= 0.3 is 0 Å². The van der Waals surface area contributed by atoms with Crippen LogP contribution in [0.4, 0.5) is 0 Å². The van der Waals surface area contributed by atoms with E-state index in [1.807, 2.05) is 0 Å². The molecule has 33 heavy (non-hydrogen) atoms. The lowest BCUT2D eigenvalue weighted by Gasteiger charge is -2.57. The molecule has 0 radical (unpaired) electrons. The molecule has 6 saturated carbocycles. The van der Waals surface area contributed by atoms with Gasteiger partial charge < -0.3 is 15.2 Å². The van der Waals surface area contributed by atoms with Gasteiger partial charge in [-0.15, -0.1) is 0 Å². The van der Waals surface area contributed by atoms with Crippen LogP contribution in [0, 0.1) is 23.7 Å². The molecule has 2 N–H and O–H groups in total. The summed E-state index contributed by atoms with van der Waals surface area (Å²) in [7, 11) is 0. The van der Waals surface area contributed by atoms with E-state index in [1.165, 1.54) is 37.7 Å². The van der Waals surface area contributed by atoms with E-state index < -0.39 is 11.6 Å². The fourth-order valence-corrected chi connectivity index (χ4v) is 8.40. The normalized spacial score (nSPS) is 48.6. The first-order valence-electron chi connectivity index (χ1n) is 13.7. The number of rotatable bonds is 3. The summed E-state index contributed by atoms with van der Waals surface area (Å²) in [6, 6.07) is 9.20. The summed E-state index contributed by atoms with van der Waals surface area (Å²) < 4.78 is 13.1. The summed E-state index contributed by atoms with van der Waals surface area (Å²) in [6.07, 6.45) is 15.2. The molecule has 0 unspecified atom stereocenters. The highest BCUT2D eigenvalue weighted by Crippen LogP contribution is 2.64. The lowest BCUT2D eigenvalue weighted by atomic mass is 9.53. The first kappa shape index (κ1) is 21.2. The van der Waals surface area contributed by atoms with Crippen LogP contribution in [0.2, 0.25) is 0 Å². The van der Waals surface area contributed by atoms with E-state index in [0.29, 0.717) is 29.9 Å². The molecule has 1 aromatic rings. The molecule has 7 aliphatic rings. The van der Waals surface area contributed by atoms with E-state index in [0.717, 1.165) is 69.0 Å². The molecule has 1 aromatic carbocycles. The Balaban J connectivity index is 0.970. The minimum atomic E-state index is -0.517. The van der Waals surface area contributed by atoms with Crippen LogP contribution in [-0.2, 0) is 14.5 Å². The number of hydrogen-bond donors (Lipinski definition) is 1. The Bertz CT molecular complexity index is 825. The van der Waals surface area contributed by atoms with Gasteiger partial charge in [-0.1, -0.05) is 12.1 Å². The van der Waals surface area contributed by atoms with Crippen molar-refractivity contribution < 1.29 is 19.2 Å². The number of hydrogen-bond acceptors (Lipinski definition) is 5. The van der Waals surface area contributed by atoms with Gasteiger partial charge in [-0.05, 0) is 106 Å². The maximum atomic E-state index is 6.88. The standard InChI is InChI=1S/C28H39NO4/c29-24-3-7-26(8-4-24)30-25-5-1-20(2-6-25)21-9-11-27(12-10-21)31-28(33-32-27)22-14-18-13-19(16-22)17-23(28)15-18/h1-2,5-6,18-19,21-24,26H,3-4,7-17,29H2. The minimum absolute atomic E-state index is 0.319. The Morgan fingerprint density at radius 1 is 0.758 bits per heavy atom. The molecule has 8 rings (SSSR count). The van der Waals surface area contributed by atoms with Gasteiger partial charge in [-0.2, -0.15) is 9.78 Å². The second-order valence-corrected chi connectivity index (χ2v) is 12.2. The van der Waals surface area contributed by atoms with Crippen LogP contribution in [0.3, 0.4) is 0 Å². The van der Waals surface area contributed by atoms with Gasteiger partial charge in [0.25, 0.3) is 0 Å². The SMILES string of the molecule is NC1CCC(Oc2ccc(C3CCC4(CC3)OOC3(O4)C4CC5CC(C4)CC3C5)cc2)CC1. The summed E-state index contributed by atoms with van der Waals surface area (Å²) in [4.78, 5) is 12.3. The molecule has 7 fully saturated rings. The maximum absolute atomic E-state index is 6.88. The molecule has 5 nitrogen and oxygen atoms in total. The maximum Gasteiger partial charge on any atom is 0.210 e. The number of ether oxygens (including phenoxy) is 2. The molecule has 1 saturated heterocycles. The summed E-state index contributed by atoms with van der Waals surface area (Å²) in [6.45, 7) is 0. The van der Waals surface area contributed by atoms with E-state index in [1.54, 1.807) is 0 Å². The number of benzene rings is 1. The lowest BCUT2D eigenvalue weighted by molar-refractivity contribution is -0.390. The first-order chi connectivity index (χ1) is 16.1. The zero-order valence-electron chi connectivity index (χ0n) is 19.8. The zero-order valence-corrected chi connectivity index (χ0v) is 19.8. The largest absolute Gasteiger partial charge is 0.490 e. The van der Waals surface area contributed by atoms with E-state index >= 15 is 0 Å². The van der Waals surface area contributed by atoms with Crippen molar-refractivity contribution in [2.75, 3.05) is 0 Å². The Morgan fingerprint density at radius 2 is 1.39 bits per heavy atom. The van der Waals surface area contributed by atoms with Gasteiger partial charge in [0.1, 0.15) is 5.75 Å². The van der Waals surface area contributed by atoms with Crippen LogP contribution in [0.15, 0.2) is 24.3 Å². The van der Waals surface area contributed by atoms with E-state index in [9.17, 15) is 0 Å². The highest BCUT2D eigenvalue weighted by atomic mass is 17.3. The Kier molecular flexibility index (Phi) is 5.09. The Labute approximate surface area is 197 Å². The van der Waals surface area contributed by atoms with Gasteiger partial charge in [-0.25, -0.2) is 0 Å². The van der Waals surface area contributed by atoms with Gasteiger partial charge in [-0.3, -0.25) is 0 Å². The third-order valence-corrected chi connectivity index (χ3v) is 10.1. The molecule has 180 valence electrons. The Hall–Kier alpha value is -1.14. The average Bonchev–Trinajstić information content (AvgIpc) is 3.20. The van der Waals surface area contributed by atoms with Crippen LogP contribution in [0.25, 0.3) is 0 Å². The monoisotopic (exact) mass is 453 g/mol. The molecule has 0 amide bonds. The van der Waals surface area contributed by atoms with E-state index in [-0.39, 0.29) is 0 Å².